The molecule has 0 bridgehead atoms. The highest BCUT2D eigenvalue weighted by Crippen LogP contribution is 2.49. The molecule has 0 atom stereocenters. The second kappa shape index (κ2) is 15.4. The first-order valence-corrected chi connectivity index (χ1v) is 21.2. The summed E-state index contributed by atoms with van der Waals surface area (Å²) >= 11 is 0. The molecular weight excluding hydrogens is 723 g/mol. The summed E-state index contributed by atoms with van der Waals surface area (Å²) in [4.78, 5) is 5.07. The molecule has 0 aliphatic rings. The predicted molar refractivity (Wildman–Crippen MR) is 262 cm³/mol. The highest BCUT2D eigenvalue weighted by Gasteiger charge is 2.22. The number of rotatable bonds is 5. The van der Waals surface area contributed by atoms with Crippen LogP contribution in [-0.4, -0.2) is 4.98 Å². The van der Waals surface area contributed by atoms with Crippen molar-refractivity contribution in [3.8, 4) is 44.6 Å². The number of allylic oxidation sites excluding steroid dienone is 1. The lowest BCUT2D eigenvalue weighted by Gasteiger charge is -2.21. The minimum atomic E-state index is 1.01. The van der Waals surface area contributed by atoms with Crippen LogP contribution in [0.5, 0.6) is 0 Å². The largest absolute Gasteiger partial charge is 0.256 e. The molecule has 1 aromatic heterocycles. The lowest BCUT2D eigenvalue weighted by atomic mass is 9.82. The average Bonchev–Trinajstić information content (AvgIpc) is 3.31. The monoisotopic (exact) mass is 767 g/mol. The molecule has 0 spiro atoms. The van der Waals surface area contributed by atoms with Crippen LogP contribution in [0.1, 0.15) is 31.9 Å². The summed E-state index contributed by atoms with van der Waals surface area (Å²) in [5.41, 5.74) is 12.0. The van der Waals surface area contributed by atoms with Gasteiger partial charge in [0.05, 0.1) is 5.69 Å². The van der Waals surface area contributed by atoms with Gasteiger partial charge in [0.25, 0.3) is 0 Å². The molecule has 1 heteroatoms. The van der Waals surface area contributed by atoms with Crippen LogP contribution >= 0.6 is 0 Å². The van der Waals surface area contributed by atoms with E-state index in [0.29, 0.717) is 0 Å². The number of aryl methyl sites for hydroxylation is 1. The van der Waals surface area contributed by atoms with Gasteiger partial charge in [-0.15, -0.1) is 0 Å². The van der Waals surface area contributed by atoms with Crippen molar-refractivity contribution >= 4 is 70.7 Å². The maximum absolute atomic E-state index is 5.07. The van der Waals surface area contributed by atoms with Gasteiger partial charge >= 0.3 is 0 Å². The Labute approximate surface area is 351 Å². The van der Waals surface area contributed by atoms with Gasteiger partial charge in [-0.2, -0.15) is 0 Å². The third kappa shape index (κ3) is 6.05. The highest BCUT2D eigenvalue weighted by atomic mass is 14.7. The topological polar surface area (TPSA) is 12.9 Å². The number of hydrogen-bond acceptors (Lipinski definition) is 1. The maximum Gasteiger partial charge on any atom is 0.0789 e. The molecule has 11 aromatic rings. The zero-order valence-corrected chi connectivity index (χ0v) is 34.5. The molecule has 11 rings (SSSR count). The van der Waals surface area contributed by atoms with Crippen LogP contribution in [0, 0.1) is 6.92 Å². The van der Waals surface area contributed by atoms with Crippen LogP contribution in [0.4, 0.5) is 0 Å². The molecule has 0 radical (unpaired) electrons. The molecular formula is C59H45N. The van der Waals surface area contributed by atoms with Crippen molar-refractivity contribution in [3.63, 3.8) is 0 Å². The normalized spacial score (nSPS) is 11.6. The molecule has 0 aliphatic carbocycles. The molecule has 0 saturated carbocycles. The Bertz CT molecular complexity index is 3420. The summed E-state index contributed by atoms with van der Waals surface area (Å²) in [6, 6.07) is 67.3. The van der Waals surface area contributed by atoms with Gasteiger partial charge in [0.15, 0.2) is 0 Å². The van der Waals surface area contributed by atoms with Crippen LogP contribution in [0.2, 0.25) is 0 Å². The van der Waals surface area contributed by atoms with Crippen LogP contribution in [0.3, 0.4) is 0 Å². The summed E-state index contributed by atoms with van der Waals surface area (Å²) in [5.74, 6) is 0. The van der Waals surface area contributed by atoms with Crippen molar-refractivity contribution in [1.82, 2.24) is 4.98 Å². The molecule has 0 amide bonds. The van der Waals surface area contributed by atoms with Gasteiger partial charge in [-0.3, -0.25) is 4.98 Å². The summed E-state index contributed by atoms with van der Waals surface area (Å²) in [7, 11) is 0. The van der Waals surface area contributed by atoms with Crippen molar-refractivity contribution in [3.05, 3.63) is 205 Å². The van der Waals surface area contributed by atoms with E-state index in [9.17, 15) is 0 Å². The summed E-state index contributed by atoms with van der Waals surface area (Å²) < 4.78 is 0. The Morgan fingerprint density at radius 3 is 1.23 bits per heavy atom. The van der Waals surface area contributed by atoms with E-state index in [2.05, 4.69) is 208 Å². The molecule has 0 unspecified atom stereocenters. The van der Waals surface area contributed by atoms with Gasteiger partial charge in [0, 0.05) is 17.3 Å². The number of benzene rings is 10. The molecule has 0 saturated heterocycles. The Morgan fingerprint density at radius 2 is 0.750 bits per heavy atom. The zero-order valence-electron chi connectivity index (χ0n) is 34.5. The Kier molecular flexibility index (Phi) is 9.51. The van der Waals surface area contributed by atoms with E-state index in [4.69, 9.17) is 4.98 Å². The lowest BCUT2D eigenvalue weighted by Crippen LogP contribution is -1.96. The quantitative estimate of drug-likeness (QED) is 0.159. The van der Waals surface area contributed by atoms with Crippen LogP contribution < -0.4 is 0 Å². The average molecular weight is 768 g/mol. The number of aromatic nitrogens is 1. The third-order valence-corrected chi connectivity index (χ3v) is 12.1. The summed E-state index contributed by atoms with van der Waals surface area (Å²) in [6.45, 7) is 8.26. The fraction of sp³-hybridized carbons (Fsp3) is 0.0678. The summed E-state index contributed by atoms with van der Waals surface area (Å²) in [6.07, 6.45) is 6.26. The van der Waals surface area contributed by atoms with Crippen molar-refractivity contribution in [2.24, 2.45) is 0 Å². The number of nitrogens with zero attached hydrogens (tertiary/aromatic N) is 1. The van der Waals surface area contributed by atoms with Crippen molar-refractivity contribution in [2.45, 2.75) is 27.7 Å². The minimum Gasteiger partial charge on any atom is -0.256 e. The second-order valence-electron chi connectivity index (χ2n) is 15.4. The maximum atomic E-state index is 5.07. The van der Waals surface area contributed by atoms with E-state index in [1.807, 2.05) is 20.0 Å². The van der Waals surface area contributed by atoms with Crippen LogP contribution in [0.25, 0.3) is 115 Å². The number of hydrogen-bond donors (Lipinski definition) is 0. The molecule has 0 N–H and O–H groups in total. The van der Waals surface area contributed by atoms with Gasteiger partial charge in [0.2, 0.25) is 0 Å². The molecule has 1 heterocycles. The molecule has 1 nitrogen and oxygen atoms in total. The van der Waals surface area contributed by atoms with Crippen LogP contribution in [-0.2, 0) is 0 Å². The SMILES string of the molecule is C/C=C\c1c(C)ccnc1-c1c2ccccc2c(-c2ccc3c(-c4ccc5ccccc5c4)c4ccccc4c(-c4ccc5ccccc5c4)c3c2)c2ccccc12.CC. The van der Waals surface area contributed by atoms with Gasteiger partial charge in [0.1, 0.15) is 0 Å². The number of fused-ring (bicyclic) bond motifs is 6. The smallest absolute Gasteiger partial charge is 0.0789 e. The minimum absolute atomic E-state index is 1.01. The van der Waals surface area contributed by atoms with E-state index in [1.54, 1.807) is 0 Å². The van der Waals surface area contributed by atoms with Crippen LogP contribution in [0.15, 0.2) is 194 Å². The molecule has 286 valence electrons. The van der Waals surface area contributed by atoms with Crippen molar-refractivity contribution < 1.29 is 0 Å². The van der Waals surface area contributed by atoms with Gasteiger partial charge in [-0.25, -0.2) is 0 Å². The molecule has 0 aliphatic heterocycles. The number of pyridine rings is 1. The molecule has 60 heavy (non-hydrogen) atoms. The fourth-order valence-corrected chi connectivity index (χ4v) is 9.49. The van der Waals surface area contributed by atoms with Gasteiger partial charge in [-0.05, 0) is 142 Å². The Balaban J connectivity index is 0.00000213. The Hall–Kier alpha value is -7.35. The van der Waals surface area contributed by atoms with E-state index >= 15 is 0 Å². The lowest BCUT2D eigenvalue weighted by molar-refractivity contribution is 1.28. The van der Waals surface area contributed by atoms with Gasteiger partial charge in [-0.1, -0.05) is 184 Å². The van der Waals surface area contributed by atoms with E-state index in [-0.39, 0.29) is 0 Å². The van der Waals surface area contributed by atoms with E-state index in [0.717, 1.165) is 11.3 Å². The highest BCUT2D eigenvalue weighted by molar-refractivity contribution is 6.25. The van der Waals surface area contributed by atoms with E-state index in [1.165, 1.54) is 109 Å². The van der Waals surface area contributed by atoms with Crippen molar-refractivity contribution in [1.29, 1.82) is 0 Å². The molecule has 0 fully saturated rings. The predicted octanol–water partition coefficient (Wildman–Crippen LogP) is 17.0. The zero-order chi connectivity index (χ0) is 40.7. The van der Waals surface area contributed by atoms with Crippen molar-refractivity contribution in [2.75, 3.05) is 0 Å². The fourth-order valence-electron chi connectivity index (χ4n) is 9.49. The third-order valence-electron chi connectivity index (χ3n) is 12.1. The summed E-state index contributed by atoms with van der Waals surface area (Å²) in [5, 5.41) is 14.8. The first kappa shape index (κ1) is 37.0. The first-order valence-electron chi connectivity index (χ1n) is 21.2. The Morgan fingerprint density at radius 1 is 0.367 bits per heavy atom. The molecule has 10 aromatic carbocycles. The van der Waals surface area contributed by atoms with E-state index < -0.39 is 0 Å². The van der Waals surface area contributed by atoms with Gasteiger partial charge < -0.3 is 0 Å². The standard InChI is InChI=1S/C57H39N.C2H6/c1-3-14-44-36(2)31-32-58-57(44)56-49-23-12-10-21-47(49)54(48-22-11-13-24-50(48)56)43-29-30-51-52(35-43)55(42-28-26-38-16-5-7-18-40(38)34-42)46-20-9-8-19-45(46)53(51)41-27-25-37-15-4-6-17-39(37)33-41;1-2/h3-35H,1-2H3;1-2H3/b14-3-;. The first-order chi connectivity index (χ1) is 29.7. The second-order valence-corrected chi connectivity index (χ2v) is 15.4.